The fourth-order valence-corrected chi connectivity index (χ4v) is 5.31. The molecule has 5 nitrogen and oxygen atoms in total. The quantitative estimate of drug-likeness (QED) is 0.712. The van der Waals surface area contributed by atoms with Crippen molar-refractivity contribution in [1.29, 1.82) is 0 Å². The minimum absolute atomic E-state index is 0.0921. The molecule has 0 fully saturated rings. The van der Waals surface area contributed by atoms with Gasteiger partial charge in [-0.05, 0) is 76.1 Å². The zero-order valence-corrected chi connectivity index (χ0v) is 17.6. The molecule has 1 N–H and O–H groups in total. The second kappa shape index (κ2) is 7.17. The summed E-state index contributed by atoms with van der Waals surface area (Å²) in [5.74, 6) is 0.379. The standard InChI is InChI=1S/C22H25N3O2S/c1-12-8-7-10-17(13(12)2)24-20(26)14(3)25-15(4)23-21-19(22(25)27)16-9-5-6-11-18(16)28-21/h7-8,10,14H,5-6,9,11H2,1-4H3,(H,24,26). The Bertz CT molecular complexity index is 1140. The van der Waals surface area contributed by atoms with E-state index in [-0.39, 0.29) is 11.5 Å². The third-order valence-corrected chi connectivity index (χ3v) is 7.01. The van der Waals surface area contributed by atoms with E-state index in [2.05, 4.69) is 10.3 Å². The van der Waals surface area contributed by atoms with Gasteiger partial charge >= 0.3 is 0 Å². The number of rotatable bonds is 3. The van der Waals surface area contributed by atoms with Crippen molar-refractivity contribution in [3.63, 3.8) is 0 Å². The van der Waals surface area contributed by atoms with Gasteiger partial charge in [-0.3, -0.25) is 14.2 Å². The van der Waals surface area contributed by atoms with Crippen molar-refractivity contribution in [2.75, 3.05) is 5.32 Å². The Morgan fingerprint density at radius 3 is 2.75 bits per heavy atom. The van der Waals surface area contributed by atoms with E-state index in [0.29, 0.717) is 5.82 Å². The highest BCUT2D eigenvalue weighted by Crippen LogP contribution is 2.34. The van der Waals surface area contributed by atoms with Gasteiger partial charge in [-0.2, -0.15) is 0 Å². The molecule has 2 aromatic heterocycles. The number of benzene rings is 1. The Labute approximate surface area is 168 Å². The Kier molecular flexibility index (Phi) is 4.83. The van der Waals surface area contributed by atoms with Gasteiger partial charge in [0.15, 0.2) is 0 Å². The number of fused-ring (bicyclic) bond motifs is 3. The molecule has 28 heavy (non-hydrogen) atoms. The smallest absolute Gasteiger partial charge is 0.263 e. The van der Waals surface area contributed by atoms with Crippen molar-refractivity contribution in [3.05, 3.63) is 55.9 Å². The molecule has 0 aliphatic heterocycles. The van der Waals surface area contributed by atoms with Crippen molar-refractivity contribution in [2.24, 2.45) is 0 Å². The zero-order chi connectivity index (χ0) is 20.0. The van der Waals surface area contributed by atoms with Crippen molar-refractivity contribution in [2.45, 2.75) is 59.4 Å². The van der Waals surface area contributed by atoms with Gasteiger partial charge in [-0.1, -0.05) is 12.1 Å². The number of aromatic nitrogens is 2. The second-order valence-electron chi connectivity index (χ2n) is 7.64. The topological polar surface area (TPSA) is 64.0 Å². The van der Waals surface area contributed by atoms with E-state index >= 15 is 0 Å². The number of nitrogens with zero attached hydrogens (tertiary/aromatic N) is 2. The highest BCUT2D eigenvalue weighted by molar-refractivity contribution is 7.18. The van der Waals surface area contributed by atoms with E-state index in [9.17, 15) is 9.59 Å². The first-order valence-corrected chi connectivity index (χ1v) is 10.6. The number of aryl methyl sites for hydroxylation is 4. The van der Waals surface area contributed by atoms with E-state index in [0.717, 1.165) is 51.9 Å². The minimum atomic E-state index is -0.636. The Balaban J connectivity index is 1.74. The van der Waals surface area contributed by atoms with Crippen LogP contribution in [0, 0.1) is 20.8 Å². The molecule has 0 saturated carbocycles. The third-order valence-electron chi connectivity index (χ3n) is 5.83. The van der Waals surface area contributed by atoms with Crippen LogP contribution < -0.4 is 10.9 Å². The van der Waals surface area contributed by atoms with Crippen molar-refractivity contribution in [3.8, 4) is 0 Å². The molecule has 1 aromatic carbocycles. The summed E-state index contributed by atoms with van der Waals surface area (Å²) >= 11 is 1.64. The van der Waals surface area contributed by atoms with E-state index < -0.39 is 6.04 Å². The molecule has 1 amide bonds. The molecule has 146 valence electrons. The highest BCUT2D eigenvalue weighted by Gasteiger charge is 2.25. The fraction of sp³-hybridized carbons (Fsp3) is 0.409. The number of carbonyl (C=O) groups excluding carboxylic acids is 1. The summed E-state index contributed by atoms with van der Waals surface area (Å²) in [6.07, 6.45) is 4.23. The van der Waals surface area contributed by atoms with Crippen LogP contribution >= 0.6 is 11.3 Å². The van der Waals surface area contributed by atoms with Gasteiger partial charge in [-0.15, -0.1) is 11.3 Å². The number of anilines is 1. The molecule has 4 rings (SSSR count). The van der Waals surface area contributed by atoms with Crippen LogP contribution in [0.5, 0.6) is 0 Å². The van der Waals surface area contributed by atoms with Gasteiger partial charge in [0, 0.05) is 10.6 Å². The molecular formula is C22H25N3O2S. The molecule has 1 aliphatic carbocycles. The lowest BCUT2D eigenvalue weighted by molar-refractivity contribution is -0.118. The first-order chi connectivity index (χ1) is 13.4. The van der Waals surface area contributed by atoms with Gasteiger partial charge in [0.25, 0.3) is 5.56 Å². The van der Waals surface area contributed by atoms with Gasteiger partial charge < -0.3 is 5.32 Å². The SMILES string of the molecule is Cc1cccc(NC(=O)C(C)n2c(C)nc3sc4c(c3c2=O)CCCC4)c1C. The van der Waals surface area contributed by atoms with Crippen LogP contribution in [0.15, 0.2) is 23.0 Å². The maximum absolute atomic E-state index is 13.4. The van der Waals surface area contributed by atoms with Crippen LogP contribution in [-0.2, 0) is 17.6 Å². The number of hydrogen-bond donors (Lipinski definition) is 1. The number of nitrogens with one attached hydrogen (secondary N) is 1. The monoisotopic (exact) mass is 395 g/mol. The molecule has 6 heteroatoms. The van der Waals surface area contributed by atoms with Crippen LogP contribution in [0.4, 0.5) is 5.69 Å². The number of hydrogen-bond acceptors (Lipinski definition) is 4. The second-order valence-corrected chi connectivity index (χ2v) is 8.72. The average molecular weight is 396 g/mol. The largest absolute Gasteiger partial charge is 0.324 e. The van der Waals surface area contributed by atoms with Gasteiger partial charge in [-0.25, -0.2) is 4.98 Å². The molecule has 1 aliphatic rings. The summed E-state index contributed by atoms with van der Waals surface area (Å²) in [5, 5.41) is 3.70. The maximum atomic E-state index is 13.4. The average Bonchev–Trinajstić information content (AvgIpc) is 3.03. The van der Waals surface area contributed by atoms with Gasteiger partial charge in [0.05, 0.1) is 5.39 Å². The molecule has 0 radical (unpaired) electrons. The van der Waals surface area contributed by atoms with Crippen LogP contribution in [-0.4, -0.2) is 15.5 Å². The first kappa shape index (κ1) is 18.9. The molecule has 0 spiro atoms. The summed E-state index contributed by atoms with van der Waals surface area (Å²) < 4.78 is 1.55. The van der Waals surface area contributed by atoms with E-state index in [4.69, 9.17) is 0 Å². The summed E-state index contributed by atoms with van der Waals surface area (Å²) in [7, 11) is 0. The van der Waals surface area contributed by atoms with E-state index in [1.165, 1.54) is 11.3 Å². The summed E-state index contributed by atoms with van der Waals surface area (Å²) in [6, 6.07) is 5.19. The van der Waals surface area contributed by atoms with Crippen molar-refractivity contribution in [1.82, 2.24) is 9.55 Å². The lowest BCUT2D eigenvalue weighted by Crippen LogP contribution is -2.34. The predicted octanol–water partition coefficient (Wildman–Crippen LogP) is 4.46. The number of thiophene rings is 1. The molecule has 2 heterocycles. The van der Waals surface area contributed by atoms with E-state index in [1.807, 2.05) is 32.0 Å². The Hall–Kier alpha value is -2.47. The molecule has 0 saturated heterocycles. The minimum Gasteiger partial charge on any atom is -0.324 e. The van der Waals surface area contributed by atoms with Crippen LogP contribution in [0.1, 0.15) is 53.2 Å². The molecule has 0 bridgehead atoms. The van der Waals surface area contributed by atoms with Crippen LogP contribution in [0.25, 0.3) is 10.2 Å². The number of carbonyl (C=O) groups is 1. The first-order valence-electron chi connectivity index (χ1n) is 9.79. The van der Waals surface area contributed by atoms with Gasteiger partial charge in [0.2, 0.25) is 5.91 Å². The normalized spacial score (nSPS) is 14.7. The molecule has 1 unspecified atom stereocenters. The molecule has 1 atom stereocenters. The summed E-state index contributed by atoms with van der Waals surface area (Å²) in [6.45, 7) is 7.57. The molecular weight excluding hydrogens is 370 g/mol. The van der Waals surface area contributed by atoms with Crippen molar-refractivity contribution < 1.29 is 4.79 Å². The van der Waals surface area contributed by atoms with Gasteiger partial charge in [0.1, 0.15) is 16.7 Å². The Morgan fingerprint density at radius 2 is 1.96 bits per heavy atom. The fourth-order valence-electron chi connectivity index (χ4n) is 4.02. The molecule has 3 aromatic rings. The van der Waals surface area contributed by atoms with E-state index in [1.54, 1.807) is 29.8 Å². The highest BCUT2D eigenvalue weighted by atomic mass is 32.1. The number of amides is 1. The van der Waals surface area contributed by atoms with Crippen molar-refractivity contribution >= 4 is 33.1 Å². The summed E-state index contributed by atoms with van der Waals surface area (Å²) in [5.41, 5.74) is 3.99. The lowest BCUT2D eigenvalue weighted by Gasteiger charge is -2.19. The maximum Gasteiger partial charge on any atom is 0.263 e. The lowest BCUT2D eigenvalue weighted by atomic mass is 9.97. The van der Waals surface area contributed by atoms with Crippen LogP contribution in [0.3, 0.4) is 0 Å². The predicted molar refractivity (Wildman–Crippen MR) is 115 cm³/mol. The zero-order valence-electron chi connectivity index (χ0n) is 16.8. The van der Waals surface area contributed by atoms with Crippen LogP contribution in [0.2, 0.25) is 0 Å². The Morgan fingerprint density at radius 1 is 1.21 bits per heavy atom. The third kappa shape index (κ3) is 3.05. The summed E-state index contributed by atoms with van der Waals surface area (Å²) in [4.78, 5) is 33.1.